The average molecular weight is 460 g/mol. The van der Waals surface area contributed by atoms with E-state index in [0.717, 1.165) is 12.8 Å². The van der Waals surface area contributed by atoms with Crippen molar-refractivity contribution in [2.24, 2.45) is 5.73 Å². The zero-order chi connectivity index (χ0) is 24.0. The van der Waals surface area contributed by atoms with E-state index in [0.29, 0.717) is 65.4 Å². The van der Waals surface area contributed by atoms with Crippen LogP contribution in [0, 0.1) is 0 Å². The molecule has 0 aromatic rings. The maximum atomic E-state index is 11.9. The van der Waals surface area contributed by atoms with Crippen LogP contribution >= 0.6 is 0 Å². The minimum atomic E-state index is -0.780. The Balaban J connectivity index is 3.59. The SMILES string of the molecule is CCCC(=O)NCCOCCNC(=O)CC[C@H](N)C(=O)NCCOCCNC(=O)CCC. The van der Waals surface area contributed by atoms with Gasteiger partial charge in [-0.2, -0.15) is 0 Å². The molecule has 4 amide bonds. The fourth-order valence-electron chi connectivity index (χ4n) is 2.51. The van der Waals surface area contributed by atoms with Gasteiger partial charge in [-0.3, -0.25) is 19.2 Å². The molecule has 32 heavy (non-hydrogen) atoms. The monoisotopic (exact) mass is 459 g/mol. The van der Waals surface area contributed by atoms with Gasteiger partial charge in [-0.15, -0.1) is 0 Å². The van der Waals surface area contributed by atoms with Gasteiger partial charge in [0.1, 0.15) is 0 Å². The van der Waals surface area contributed by atoms with E-state index in [4.69, 9.17) is 15.2 Å². The molecule has 0 rings (SSSR count). The van der Waals surface area contributed by atoms with Crippen molar-refractivity contribution in [3.05, 3.63) is 0 Å². The Morgan fingerprint density at radius 3 is 1.44 bits per heavy atom. The molecule has 0 fully saturated rings. The Morgan fingerprint density at radius 2 is 1.03 bits per heavy atom. The summed E-state index contributed by atoms with van der Waals surface area (Å²) in [6, 6.07) is -0.780. The van der Waals surface area contributed by atoms with Crippen LogP contribution in [0.15, 0.2) is 0 Å². The highest BCUT2D eigenvalue weighted by Crippen LogP contribution is 1.95. The second-order valence-electron chi connectivity index (χ2n) is 7.21. The summed E-state index contributed by atoms with van der Waals surface area (Å²) < 4.78 is 10.7. The molecule has 11 heteroatoms. The van der Waals surface area contributed by atoms with Crippen LogP contribution in [0.1, 0.15) is 52.4 Å². The van der Waals surface area contributed by atoms with Crippen LogP contribution in [-0.4, -0.2) is 82.3 Å². The van der Waals surface area contributed by atoms with Crippen LogP contribution in [0.5, 0.6) is 0 Å². The van der Waals surface area contributed by atoms with Gasteiger partial charge in [0.2, 0.25) is 23.6 Å². The van der Waals surface area contributed by atoms with Gasteiger partial charge in [0.25, 0.3) is 0 Å². The Bertz CT molecular complexity index is 547. The zero-order valence-corrected chi connectivity index (χ0v) is 19.5. The zero-order valence-electron chi connectivity index (χ0n) is 19.5. The van der Waals surface area contributed by atoms with Gasteiger partial charge in [0, 0.05) is 45.4 Å². The number of carbonyl (C=O) groups excluding carboxylic acids is 4. The molecule has 186 valence electrons. The molecule has 0 aliphatic carbocycles. The van der Waals surface area contributed by atoms with Crippen LogP contribution in [0.25, 0.3) is 0 Å². The molecule has 1 atom stereocenters. The minimum Gasteiger partial charge on any atom is -0.378 e. The van der Waals surface area contributed by atoms with Crippen molar-refractivity contribution in [2.75, 3.05) is 52.6 Å². The summed E-state index contributed by atoms with van der Waals surface area (Å²) in [5.41, 5.74) is 5.81. The smallest absolute Gasteiger partial charge is 0.237 e. The summed E-state index contributed by atoms with van der Waals surface area (Å²) in [6.45, 7) is 6.80. The standard InChI is InChI=1S/C21H41N5O6/c1-3-5-18(27)23-9-13-31-15-11-25-20(29)8-7-17(22)21(30)26-12-16-32-14-10-24-19(28)6-4-2/h17H,3-16,22H2,1-2H3,(H,23,27)(H,24,28)(H,25,29)(H,26,30)/t17-/m0/s1. The molecular weight excluding hydrogens is 418 g/mol. The van der Waals surface area contributed by atoms with E-state index < -0.39 is 6.04 Å². The Hall–Kier alpha value is -2.24. The third-order valence-corrected chi connectivity index (χ3v) is 4.22. The number of amides is 4. The lowest BCUT2D eigenvalue weighted by molar-refractivity contribution is -0.124. The maximum absolute atomic E-state index is 11.9. The Labute approximate surface area is 190 Å². The van der Waals surface area contributed by atoms with Crippen molar-refractivity contribution in [1.29, 1.82) is 0 Å². The van der Waals surface area contributed by atoms with Gasteiger partial charge in [-0.05, 0) is 19.3 Å². The molecule has 0 heterocycles. The first-order chi connectivity index (χ1) is 15.4. The van der Waals surface area contributed by atoms with E-state index in [1.807, 2.05) is 13.8 Å². The van der Waals surface area contributed by atoms with Gasteiger partial charge in [-0.1, -0.05) is 13.8 Å². The molecule has 6 N–H and O–H groups in total. The van der Waals surface area contributed by atoms with Crippen molar-refractivity contribution >= 4 is 23.6 Å². The first-order valence-electron chi connectivity index (χ1n) is 11.4. The molecule has 0 aromatic heterocycles. The molecule has 0 saturated carbocycles. The first-order valence-corrected chi connectivity index (χ1v) is 11.4. The predicted molar refractivity (Wildman–Crippen MR) is 121 cm³/mol. The Morgan fingerprint density at radius 1 is 0.656 bits per heavy atom. The van der Waals surface area contributed by atoms with Gasteiger partial charge < -0.3 is 36.5 Å². The van der Waals surface area contributed by atoms with Crippen molar-refractivity contribution in [2.45, 2.75) is 58.4 Å². The van der Waals surface area contributed by atoms with Crippen molar-refractivity contribution in [3.63, 3.8) is 0 Å². The van der Waals surface area contributed by atoms with Crippen LogP contribution in [0.2, 0.25) is 0 Å². The van der Waals surface area contributed by atoms with Gasteiger partial charge in [-0.25, -0.2) is 0 Å². The Kier molecular flexibility index (Phi) is 19.2. The van der Waals surface area contributed by atoms with E-state index in [2.05, 4.69) is 21.3 Å². The minimum absolute atomic E-state index is 0.000245. The molecule has 0 aromatic carbocycles. The van der Waals surface area contributed by atoms with Crippen LogP contribution in [-0.2, 0) is 28.7 Å². The van der Waals surface area contributed by atoms with Crippen LogP contribution < -0.4 is 27.0 Å². The van der Waals surface area contributed by atoms with Gasteiger partial charge >= 0.3 is 0 Å². The summed E-state index contributed by atoms with van der Waals surface area (Å²) in [7, 11) is 0. The number of hydrogen-bond acceptors (Lipinski definition) is 7. The predicted octanol–water partition coefficient (Wildman–Crippen LogP) is -0.808. The lowest BCUT2D eigenvalue weighted by atomic mass is 10.1. The summed E-state index contributed by atoms with van der Waals surface area (Å²) >= 11 is 0. The van der Waals surface area contributed by atoms with Crippen molar-refractivity contribution in [1.82, 2.24) is 21.3 Å². The molecule has 0 aliphatic heterocycles. The summed E-state index contributed by atoms with van der Waals surface area (Å²) in [6.07, 6.45) is 2.97. The summed E-state index contributed by atoms with van der Waals surface area (Å²) in [5, 5.41) is 10.8. The summed E-state index contributed by atoms with van der Waals surface area (Å²) in [4.78, 5) is 46.3. The van der Waals surface area contributed by atoms with Crippen LogP contribution in [0.4, 0.5) is 0 Å². The largest absolute Gasteiger partial charge is 0.378 e. The normalized spacial score (nSPS) is 11.5. The first kappa shape index (κ1) is 29.8. The molecule has 0 unspecified atom stereocenters. The second-order valence-corrected chi connectivity index (χ2v) is 7.21. The third kappa shape index (κ3) is 18.5. The third-order valence-electron chi connectivity index (χ3n) is 4.22. The number of hydrogen-bond donors (Lipinski definition) is 5. The van der Waals surface area contributed by atoms with E-state index in [-0.39, 0.29) is 36.5 Å². The molecule has 0 saturated heterocycles. The molecule has 0 aliphatic rings. The average Bonchev–Trinajstić information content (AvgIpc) is 2.76. The van der Waals surface area contributed by atoms with Crippen LogP contribution in [0.3, 0.4) is 0 Å². The molecule has 11 nitrogen and oxygen atoms in total. The lowest BCUT2D eigenvalue weighted by Crippen LogP contribution is -2.42. The highest BCUT2D eigenvalue weighted by Gasteiger charge is 2.14. The fourth-order valence-corrected chi connectivity index (χ4v) is 2.51. The quantitative estimate of drug-likeness (QED) is 0.149. The van der Waals surface area contributed by atoms with Gasteiger partial charge in [0.05, 0.1) is 32.5 Å². The van der Waals surface area contributed by atoms with Crippen molar-refractivity contribution < 1.29 is 28.7 Å². The topological polar surface area (TPSA) is 161 Å². The number of nitrogens with one attached hydrogen (secondary N) is 4. The molecule has 0 spiro atoms. The molecule has 0 radical (unpaired) electrons. The fraction of sp³-hybridized carbons (Fsp3) is 0.810. The summed E-state index contributed by atoms with van der Waals surface area (Å²) in [5.74, 6) is -0.544. The van der Waals surface area contributed by atoms with E-state index in [1.165, 1.54) is 0 Å². The number of ether oxygens (including phenoxy) is 2. The molecule has 0 bridgehead atoms. The van der Waals surface area contributed by atoms with Gasteiger partial charge in [0.15, 0.2) is 0 Å². The number of rotatable bonds is 20. The highest BCUT2D eigenvalue weighted by atomic mass is 16.5. The van der Waals surface area contributed by atoms with E-state index in [9.17, 15) is 19.2 Å². The highest BCUT2D eigenvalue weighted by molar-refractivity contribution is 5.83. The van der Waals surface area contributed by atoms with E-state index >= 15 is 0 Å². The van der Waals surface area contributed by atoms with Crippen molar-refractivity contribution in [3.8, 4) is 0 Å². The number of carbonyl (C=O) groups is 4. The second kappa shape index (κ2) is 20.7. The van der Waals surface area contributed by atoms with E-state index in [1.54, 1.807) is 0 Å². The maximum Gasteiger partial charge on any atom is 0.237 e. The molecular formula is C21H41N5O6. The number of nitrogens with two attached hydrogens (primary N) is 1. The lowest BCUT2D eigenvalue weighted by Gasteiger charge is -2.13.